The summed E-state index contributed by atoms with van der Waals surface area (Å²) in [6.45, 7) is -1.20. The average molecular weight is 306 g/mol. The largest absolute Gasteiger partial charge is 0.415 e. The van der Waals surface area contributed by atoms with Gasteiger partial charge in [0.1, 0.15) is 4.90 Å². The van der Waals surface area contributed by atoms with Gasteiger partial charge in [-0.1, -0.05) is 0 Å². The summed E-state index contributed by atoms with van der Waals surface area (Å²) >= 11 is 5.32. The Morgan fingerprint density at radius 3 is 2.33 bits per heavy atom. The van der Waals surface area contributed by atoms with Crippen molar-refractivity contribution in [1.82, 2.24) is 14.7 Å². The van der Waals surface area contributed by atoms with Crippen molar-refractivity contribution in [2.75, 3.05) is 6.54 Å². The van der Waals surface area contributed by atoms with Crippen molar-refractivity contribution in [2.24, 2.45) is 0 Å². The fraction of sp³-hybridized carbons (Fsp3) is 0.429. The number of nitrogens with one attached hydrogen (secondary N) is 1. The van der Waals surface area contributed by atoms with Gasteiger partial charge in [-0.3, -0.25) is 0 Å². The molecule has 0 saturated carbocycles. The molecule has 1 heterocycles. The molecule has 18 heavy (non-hydrogen) atoms. The van der Waals surface area contributed by atoms with Gasteiger partial charge >= 0.3 is 6.18 Å². The number of aliphatic hydroxyl groups is 1. The maximum Gasteiger partial charge on any atom is 0.415 e. The van der Waals surface area contributed by atoms with Gasteiger partial charge in [-0.15, -0.1) is 0 Å². The van der Waals surface area contributed by atoms with E-state index in [0.29, 0.717) is 0 Å². The zero-order valence-corrected chi connectivity index (χ0v) is 10.1. The Morgan fingerprint density at radius 1 is 1.39 bits per heavy atom. The summed E-state index contributed by atoms with van der Waals surface area (Å²) in [6.07, 6.45) is -6.03. The van der Waals surface area contributed by atoms with Crippen LogP contribution in [0.1, 0.15) is 0 Å². The second kappa shape index (κ2) is 5.34. The number of sulfonamides is 1. The van der Waals surface area contributed by atoms with Crippen molar-refractivity contribution in [3.05, 3.63) is 17.7 Å². The van der Waals surface area contributed by atoms with E-state index in [9.17, 15) is 21.6 Å². The zero-order valence-electron chi connectivity index (χ0n) is 8.52. The van der Waals surface area contributed by atoms with Crippen LogP contribution in [0.15, 0.2) is 17.3 Å². The van der Waals surface area contributed by atoms with Crippen LogP contribution in [-0.4, -0.2) is 42.3 Å². The molecule has 2 N–H and O–H groups in total. The molecular weight excluding hydrogens is 299 g/mol. The van der Waals surface area contributed by atoms with Crippen LogP contribution < -0.4 is 4.72 Å². The van der Waals surface area contributed by atoms with E-state index in [0.717, 1.165) is 12.4 Å². The van der Waals surface area contributed by atoms with Crippen molar-refractivity contribution in [1.29, 1.82) is 0 Å². The number of rotatable bonds is 4. The first kappa shape index (κ1) is 15.1. The van der Waals surface area contributed by atoms with Crippen LogP contribution in [0.5, 0.6) is 0 Å². The molecule has 6 nitrogen and oxygen atoms in total. The highest BCUT2D eigenvalue weighted by Crippen LogP contribution is 2.19. The van der Waals surface area contributed by atoms with Crippen molar-refractivity contribution in [3.8, 4) is 0 Å². The lowest BCUT2D eigenvalue weighted by atomic mass is 10.4. The maximum absolute atomic E-state index is 12.0. The monoisotopic (exact) mass is 305 g/mol. The third-order valence-electron chi connectivity index (χ3n) is 1.75. The van der Waals surface area contributed by atoms with Gasteiger partial charge in [0, 0.05) is 6.54 Å². The van der Waals surface area contributed by atoms with Gasteiger partial charge in [-0.2, -0.15) is 13.2 Å². The van der Waals surface area contributed by atoms with Gasteiger partial charge in [0.15, 0.2) is 6.10 Å². The predicted octanol–water partition coefficient (Wildman–Crippen LogP) is 0.331. The van der Waals surface area contributed by atoms with E-state index in [1.165, 1.54) is 0 Å². The van der Waals surface area contributed by atoms with Gasteiger partial charge in [-0.25, -0.2) is 23.1 Å². The van der Waals surface area contributed by atoms with Crippen LogP contribution >= 0.6 is 11.6 Å². The molecular formula is C7H7ClF3N3O3S. The number of hydrogen-bond acceptors (Lipinski definition) is 5. The third kappa shape index (κ3) is 4.05. The van der Waals surface area contributed by atoms with E-state index in [-0.39, 0.29) is 5.28 Å². The van der Waals surface area contributed by atoms with E-state index >= 15 is 0 Å². The van der Waals surface area contributed by atoms with E-state index in [1.54, 1.807) is 4.72 Å². The fourth-order valence-electron chi connectivity index (χ4n) is 0.827. The summed E-state index contributed by atoms with van der Waals surface area (Å²) in [5.74, 6) is 0. The molecule has 1 aromatic heterocycles. The molecule has 0 fully saturated rings. The fourth-order valence-corrected chi connectivity index (χ4v) is 1.85. The van der Waals surface area contributed by atoms with E-state index in [4.69, 9.17) is 16.7 Å². The number of alkyl halides is 3. The normalized spacial score (nSPS) is 14.5. The highest BCUT2D eigenvalue weighted by molar-refractivity contribution is 7.89. The molecule has 0 aliphatic rings. The number of aliphatic hydroxyl groups excluding tert-OH is 1. The minimum absolute atomic E-state index is 0.204. The van der Waals surface area contributed by atoms with Crippen LogP contribution in [0.4, 0.5) is 13.2 Å². The van der Waals surface area contributed by atoms with E-state index in [1.807, 2.05) is 0 Å². The number of halogens is 4. The lowest BCUT2D eigenvalue weighted by Gasteiger charge is -2.14. The number of aromatic nitrogens is 2. The smallest absolute Gasteiger partial charge is 0.382 e. The molecule has 1 atom stereocenters. The van der Waals surface area contributed by atoms with Gasteiger partial charge in [-0.05, 0) is 11.6 Å². The SMILES string of the molecule is O=S(=O)(NCC(O)C(F)(F)F)c1cnc(Cl)nc1. The summed E-state index contributed by atoms with van der Waals surface area (Å²) in [4.78, 5) is 6.29. The van der Waals surface area contributed by atoms with Crippen molar-refractivity contribution in [2.45, 2.75) is 17.2 Å². The second-order valence-corrected chi connectivity index (χ2v) is 5.20. The van der Waals surface area contributed by atoms with Crippen LogP contribution in [0, 0.1) is 0 Å². The number of nitrogens with zero attached hydrogens (tertiary/aromatic N) is 2. The molecule has 0 aromatic carbocycles. The molecule has 0 amide bonds. The molecule has 0 saturated heterocycles. The quantitative estimate of drug-likeness (QED) is 0.782. The Bertz CT molecular complexity index is 505. The second-order valence-electron chi connectivity index (χ2n) is 3.10. The van der Waals surface area contributed by atoms with Crippen LogP contribution in [0.2, 0.25) is 5.28 Å². The topological polar surface area (TPSA) is 92.2 Å². The summed E-state index contributed by atoms with van der Waals surface area (Å²) in [5.41, 5.74) is 0. The minimum atomic E-state index is -4.90. The van der Waals surface area contributed by atoms with E-state index in [2.05, 4.69) is 9.97 Å². The van der Waals surface area contributed by atoms with Gasteiger partial charge in [0.05, 0.1) is 12.4 Å². The third-order valence-corrected chi connectivity index (χ3v) is 3.32. The molecule has 1 unspecified atom stereocenters. The lowest BCUT2D eigenvalue weighted by molar-refractivity contribution is -0.200. The number of hydrogen-bond donors (Lipinski definition) is 2. The molecule has 11 heteroatoms. The molecule has 102 valence electrons. The first-order valence-corrected chi connectivity index (χ1v) is 6.21. The molecule has 0 spiro atoms. The van der Waals surface area contributed by atoms with Crippen LogP contribution in [-0.2, 0) is 10.0 Å². The first-order chi connectivity index (χ1) is 8.13. The average Bonchev–Trinajstić information content (AvgIpc) is 2.25. The summed E-state index contributed by atoms with van der Waals surface area (Å²) in [5, 5.41) is 8.43. The predicted molar refractivity (Wildman–Crippen MR) is 54.3 cm³/mol. The highest BCUT2D eigenvalue weighted by atomic mass is 35.5. The molecule has 0 aliphatic carbocycles. The molecule has 1 aromatic rings. The van der Waals surface area contributed by atoms with Crippen molar-refractivity contribution < 1.29 is 26.7 Å². The molecule has 0 bridgehead atoms. The Kier molecular flexibility index (Phi) is 4.48. The molecule has 0 radical (unpaired) electrons. The first-order valence-electron chi connectivity index (χ1n) is 4.35. The zero-order chi connectivity index (χ0) is 14.0. The minimum Gasteiger partial charge on any atom is -0.382 e. The summed E-state index contributed by atoms with van der Waals surface area (Å²) in [6, 6.07) is 0. The standard InChI is InChI=1S/C7H7ClF3N3O3S/c8-6-12-1-4(2-13-6)18(16,17)14-3-5(15)7(9,10)11/h1-2,5,14-15H,3H2. The highest BCUT2D eigenvalue weighted by Gasteiger charge is 2.38. The summed E-state index contributed by atoms with van der Waals surface area (Å²) in [7, 11) is -4.23. The Balaban J connectivity index is 2.75. The van der Waals surface area contributed by atoms with Gasteiger partial charge in [0.2, 0.25) is 15.3 Å². The molecule has 1 rings (SSSR count). The lowest BCUT2D eigenvalue weighted by Crippen LogP contribution is -2.40. The van der Waals surface area contributed by atoms with Crippen LogP contribution in [0.25, 0.3) is 0 Å². The Hall–Kier alpha value is -0.970. The van der Waals surface area contributed by atoms with E-state index < -0.39 is 33.7 Å². The van der Waals surface area contributed by atoms with Crippen molar-refractivity contribution >= 4 is 21.6 Å². The van der Waals surface area contributed by atoms with Crippen LogP contribution in [0.3, 0.4) is 0 Å². The molecule has 0 aliphatic heterocycles. The maximum atomic E-state index is 12.0. The van der Waals surface area contributed by atoms with Crippen molar-refractivity contribution in [3.63, 3.8) is 0 Å². The summed E-state index contributed by atoms with van der Waals surface area (Å²) < 4.78 is 60.4. The Morgan fingerprint density at radius 2 is 1.89 bits per heavy atom. The van der Waals surface area contributed by atoms with Gasteiger partial charge < -0.3 is 5.11 Å². The Labute approximate surface area is 105 Å². The van der Waals surface area contributed by atoms with Gasteiger partial charge in [0.25, 0.3) is 0 Å².